The molecule has 1 aliphatic heterocycles. The molecule has 2 bridgehead atoms. The van der Waals surface area contributed by atoms with Crippen molar-refractivity contribution in [2.24, 2.45) is 0 Å². The fraction of sp³-hybridized carbons (Fsp3) is 0.267. The summed E-state index contributed by atoms with van der Waals surface area (Å²) in [7, 11) is 1.25. The Labute approximate surface area is 285 Å². The Morgan fingerprint density at radius 1 is 1.16 bits per heavy atom. The third kappa shape index (κ3) is 10.3. The minimum absolute atomic E-state index is 0.120. The van der Waals surface area contributed by atoms with Crippen LogP contribution in [0.2, 0.25) is 5.02 Å². The molecule has 0 saturated carbocycles. The monoisotopic (exact) mass is 719 g/mol. The molecule has 5 rings (SSSR count). The summed E-state index contributed by atoms with van der Waals surface area (Å²) in [6.45, 7) is 0. The Bertz CT molecular complexity index is 1870. The maximum absolute atomic E-state index is 13.1. The molecule has 2 aromatic carbocycles. The standard InChI is InChI=1S/C28H28ClN9O5.C2HF3O2/c1-43-28(42)32-18-7-8-20-22(12-18)34-26(41)13-19(39)3-2-4-21(27-30-14-23(20)35-27)33-25(40)10-5-16-11-17(29)6-9-24(16)38-15-31-36-37-38;3-2(4,5)1(6)7/h5-12,14-15,19,21,39H,2-4,13H2,1H3,(H,30,35)(H,32,42)(H,33,40)(H,34,41);(H,6,7)/b10-5+;/t19-,21?;/m0./s1. The molecule has 16 nitrogen and oxygen atoms in total. The van der Waals surface area contributed by atoms with Gasteiger partial charge in [0.05, 0.1) is 48.9 Å². The number of halogens is 4. The fourth-order valence-corrected chi connectivity index (χ4v) is 4.84. The first-order chi connectivity index (χ1) is 23.7. The van der Waals surface area contributed by atoms with Gasteiger partial charge in [-0.25, -0.2) is 14.6 Å². The quantitative estimate of drug-likeness (QED) is 0.160. The van der Waals surface area contributed by atoms with E-state index in [1.807, 2.05) is 0 Å². The minimum Gasteiger partial charge on any atom is -0.475 e. The van der Waals surface area contributed by atoms with E-state index in [-0.39, 0.29) is 18.2 Å². The van der Waals surface area contributed by atoms with E-state index in [0.717, 1.165) is 0 Å². The molecule has 2 atom stereocenters. The molecule has 50 heavy (non-hydrogen) atoms. The number of aliphatic hydroxyl groups is 1. The summed E-state index contributed by atoms with van der Waals surface area (Å²) in [6, 6.07) is 9.55. The van der Waals surface area contributed by atoms with E-state index in [9.17, 15) is 32.7 Å². The van der Waals surface area contributed by atoms with Gasteiger partial charge >= 0.3 is 18.2 Å². The Balaban J connectivity index is 0.000000727. The third-order valence-electron chi connectivity index (χ3n) is 6.95. The zero-order chi connectivity index (χ0) is 36.4. The molecule has 0 saturated heterocycles. The zero-order valence-electron chi connectivity index (χ0n) is 25.9. The van der Waals surface area contributed by atoms with Gasteiger partial charge in [0.25, 0.3) is 0 Å². The predicted octanol–water partition coefficient (Wildman–Crippen LogP) is 4.26. The number of rotatable bonds is 5. The van der Waals surface area contributed by atoms with Crippen LogP contribution in [0.15, 0.2) is 55.0 Å². The molecular weight excluding hydrogens is 691 g/mol. The summed E-state index contributed by atoms with van der Waals surface area (Å²) in [5.74, 6) is -3.03. The number of amides is 3. The summed E-state index contributed by atoms with van der Waals surface area (Å²) in [6.07, 6.45) is 0.574. The van der Waals surface area contributed by atoms with Gasteiger partial charge in [0.1, 0.15) is 12.2 Å². The number of H-pyrrole nitrogens is 1. The minimum atomic E-state index is -5.08. The second-order valence-electron chi connectivity index (χ2n) is 10.6. The summed E-state index contributed by atoms with van der Waals surface area (Å²) in [5, 5.41) is 37.7. The average Bonchev–Trinajstić information content (AvgIpc) is 3.76. The zero-order valence-corrected chi connectivity index (χ0v) is 26.7. The molecule has 0 fully saturated rings. The molecule has 4 aromatic rings. The van der Waals surface area contributed by atoms with Crippen LogP contribution in [-0.2, 0) is 19.1 Å². The number of aromatic amines is 1. The van der Waals surface area contributed by atoms with Crippen LogP contribution >= 0.6 is 11.6 Å². The van der Waals surface area contributed by atoms with E-state index in [0.29, 0.717) is 64.0 Å². The van der Waals surface area contributed by atoms with Crippen molar-refractivity contribution in [2.45, 2.75) is 44.0 Å². The number of tetrazole rings is 1. The Morgan fingerprint density at radius 2 is 1.92 bits per heavy atom. The lowest BCUT2D eigenvalue weighted by atomic mass is 10.0. The van der Waals surface area contributed by atoms with E-state index < -0.39 is 30.4 Å². The van der Waals surface area contributed by atoms with Gasteiger partial charge in [-0.05, 0) is 72.2 Å². The van der Waals surface area contributed by atoms with Crippen LogP contribution in [0, 0.1) is 0 Å². The number of nitrogens with zero attached hydrogens (tertiary/aromatic N) is 5. The van der Waals surface area contributed by atoms with Gasteiger partial charge in [-0.1, -0.05) is 11.6 Å². The number of benzene rings is 2. The Morgan fingerprint density at radius 3 is 2.60 bits per heavy atom. The smallest absolute Gasteiger partial charge is 0.475 e. The van der Waals surface area contributed by atoms with Crippen LogP contribution in [-0.4, -0.2) is 83.7 Å². The van der Waals surface area contributed by atoms with Crippen molar-refractivity contribution in [2.75, 3.05) is 17.7 Å². The number of anilines is 2. The van der Waals surface area contributed by atoms with E-state index in [1.165, 1.54) is 24.2 Å². The van der Waals surface area contributed by atoms with Gasteiger partial charge in [0.15, 0.2) is 0 Å². The molecule has 1 unspecified atom stereocenters. The van der Waals surface area contributed by atoms with Crippen molar-refractivity contribution in [1.29, 1.82) is 0 Å². The van der Waals surface area contributed by atoms with Crippen molar-refractivity contribution >= 4 is 52.9 Å². The SMILES string of the molecule is COC(=O)Nc1ccc2c(c1)NC(=O)C[C@@H](O)CCCC(NC(=O)/C=C/c1cc(Cl)ccc1-n1cnnn1)c1ncc-2[nH]1.O=C(O)C(F)(F)F. The maximum Gasteiger partial charge on any atom is 0.490 e. The number of aromatic nitrogens is 6. The molecule has 6 N–H and O–H groups in total. The molecule has 20 heteroatoms. The number of hydrogen-bond donors (Lipinski definition) is 6. The highest BCUT2D eigenvalue weighted by Gasteiger charge is 2.38. The number of aliphatic carboxylic acids is 1. The van der Waals surface area contributed by atoms with Crippen LogP contribution in [0.3, 0.4) is 0 Å². The van der Waals surface area contributed by atoms with Gasteiger partial charge in [-0.15, -0.1) is 5.10 Å². The van der Waals surface area contributed by atoms with Crippen LogP contribution < -0.4 is 16.0 Å². The number of carboxylic acid groups (broad SMARTS) is 1. The van der Waals surface area contributed by atoms with Crippen LogP contribution in [0.25, 0.3) is 23.0 Å². The van der Waals surface area contributed by atoms with Gasteiger partial charge < -0.3 is 30.6 Å². The van der Waals surface area contributed by atoms with Crippen molar-refractivity contribution in [3.63, 3.8) is 0 Å². The number of alkyl halides is 3. The number of methoxy groups -OCH3 is 1. The van der Waals surface area contributed by atoms with Crippen molar-refractivity contribution < 1.29 is 47.3 Å². The number of nitrogens with one attached hydrogen (secondary N) is 4. The number of carboxylic acids is 1. The van der Waals surface area contributed by atoms with Crippen LogP contribution in [0.4, 0.5) is 29.3 Å². The summed E-state index contributed by atoms with van der Waals surface area (Å²) >= 11 is 6.19. The summed E-state index contributed by atoms with van der Waals surface area (Å²) in [5.41, 5.74) is 3.23. The van der Waals surface area contributed by atoms with Crippen molar-refractivity contribution in [3.05, 3.63) is 71.4 Å². The molecule has 2 aromatic heterocycles. The number of fused-ring (bicyclic) bond motifs is 4. The molecule has 1 aliphatic rings. The number of ether oxygens (including phenoxy) is 1. The molecule has 0 spiro atoms. The van der Waals surface area contributed by atoms with E-state index in [1.54, 1.807) is 48.7 Å². The largest absolute Gasteiger partial charge is 0.490 e. The van der Waals surface area contributed by atoms with E-state index >= 15 is 0 Å². The van der Waals surface area contributed by atoms with Crippen molar-refractivity contribution in [3.8, 4) is 16.9 Å². The predicted molar refractivity (Wildman–Crippen MR) is 171 cm³/mol. The van der Waals surface area contributed by atoms with Crippen LogP contribution in [0.1, 0.15) is 43.1 Å². The first-order valence-electron chi connectivity index (χ1n) is 14.6. The average molecular weight is 720 g/mol. The molecule has 0 aliphatic carbocycles. The number of hydrogen-bond acceptors (Lipinski definition) is 10. The first-order valence-corrected chi connectivity index (χ1v) is 14.9. The number of imidazole rings is 1. The van der Waals surface area contributed by atoms with Gasteiger partial charge in [0, 0.05) is 27.9 Å². The third-order valence-corrected chi connectivity index (χ3v) is 7.19. The lowest BCUT2D eigenvalue weighted by molar-refractivity contribution is -0.192. The van der Waals surface area contributed by atoms with Gasteiger partial charge in [-0.2, -0.15) is 17.9 Å². The maximum atomic E-state index is 13.1. The molecule has 264 valence electrons. The van der Waals surface area contributed by atoms with Crippen molar-refractivity contribution in [1.82, 2.24) is 35.5 Å². The lowest BCUT2D eigenvalue weighted by Gasteiger charge is -2.17. The van der Waals surface area contributed by atoms with Crippen LogP contribution in [0.5, 0.6) is 0 Å². The molecule has 3 heterocycles. The second-order valence-corrected chi connectivity index (χ2v) is 11.0. The van der Waals surface area contributed by atoms with Gasteiger partial charge in [-0.3, -0.25) is 14.9 Å². The van der Waals surface area contributed by atoms with Gasteiger partial charge in [0.2, 0.25) is 11.8 Å². The highest BCUT2D eigenvalue weighted by Crippen LogP contribution is 2.32. The normalized spacial score (nSPS) is 16.3. The Hall–Kier alpha value is -5.82. The number of carbonyl (C=O) groups excluding carboxylic acids is 3. The molecular formula is C30H29ClF3N9O7. The molecule has 0 radical (unpaired) electrons. The summed E-state index contributed by atoms with van der Waals surface area (Å²) in [4.78, 5) is 54.2. The Kier molecular flexibility index (Phi) is 12.2. The fourth-order valence-electron chi connectivity index (χ4n) is 4.66. The number of aliphatic hydroxyl groups excluding tert-OH is 1. The number of carbonyl (C=O) groups is 4. The highest BCUT2D eigenvalue weighted by atomic mass is 35.5. The lowest BCUT2D eigenvalue weighted by Crippen LogP contribution is -2.28. The summed E-state index contributed by atoms with van der Waals surface area (Å²) < 4.78 is 37.9. The second kappa shape index (κ2) is 16.5. The van der Waals surface area contributed by atoms with E-state index in [2.05, 4.69) is 46.2 Å². The first kappa shape index (κ1) is 37.0. The van der Waals surface area contributed by atoms with E-state index in [4.69, 9.17) is 21.5 Å². The molecule has 3 amide bonds. The highest BCUT2D eigenvalue weighted by molar-refractivity contribution is 6.30. The topological polar surface area (TPSA) is 226 Å².